The second-order valence-electron chi connectivity index (χ2n) is 5.21. The van der Waals surface area contributed by atoms with Gasteiger partial charge in [-0.15, -0.1) is 22.7 Å². The number of carbonyl (C=O) groups excluding carboxylic acids is 2. The number of hydrogen-bond donors (Lipinski definition) is 2. The highest BCUT2D eigenvalue weighted by molar-refractivity contribution is 7.14. The van der Waals surface area contributed by atoms with Crippen LogP contribution in [0.25, 0.3) is 0 Å². The standard InChI is InChI=1S/C17H16N4O2S2/c22-15(19-10-12-3-1-7-18-9-12)6-5-13-11-25-17(20-13)21-16(23)14-4-2-8-24-14/h1-4,7-9,11H,5-6,10H2,(H,19,22)(H,20,21,23). The molecule has 2 amide bonds. The lowest BCUT2D eigenvalue weighted by Crippen LogP contribution is -2.23. The first-order valence-electron chi connectivity index (χ1n) is 7.65. The lowest BCUT2D eigenvalue weighted by molar-refractivity contribution is -0.121. The molecule has 3 aromatic heterocycles. The van der Waals surface area contributed by atoms with Crippen LogP contribution in [-0.4, -0.2) is 21.8 Å². The quantitative estimate of drug-likeness (QED) is 0.667. The average molecular weight is 372 g/mol. The Hall–Kier alpha value is -2.58. The van der Waals surface area contributed by atoms with Gasteiger partial charge in [0.25, 0.3) is 5.91 Å². The van der Waals surface area contributed by atoms with Crippen LogP contribution in [0.2, 0.25) is 0 Å². The van der Waals surface area contributed by atoms with Crippen molar-refractivity contribution in [2.24, 2.45) is 0 Å². The molecule has 2 N–H and O–H groups in total. The second-order valence-corrected chi connectivity index (χ2v) is 7.02. The number of thiophene rings is 1. The van der Waals surface area contributed by atoms with Crippen molar-refractivity contribution in [2.75, 3.05) is 5.32 Å². The van der Waals surface area contributed by atoms with Gasteiger partial charge in [-0.3, -0.25) is 19.9 Å². The zero-order valence-corrected chi connectivity index (χ0v) is 14.9. The van der Waals surface area contributed by atoms with E-state index in [-0.39, 0.29) is 11.8 Å². The van der Waals surface area contributed by atoms with Gasteiger partial charge in [0, 0.05) is 30.7 Å². The smallest absolute Gasteiger partial charge is 0.267 e. The molecular formula is C17H16N4O2S2. The van der Waals surface area contributed by atoms with Gasteiger partial charge in [-0.05, 0) is 29.5 Å². The maximum absolute atomic E-state index is 12.0. The molecular weight excluding hydrogens is 356 g/mol. The number of rotatable bonds is 7. The number of aromatic nitrogens is 2. The van der Waals surface area contributed by atoms with E-state index < -0.39 is 0 Å². The normalized spacial score (nSPS) is 10.4. The molecule has 0 atom stereocenters. The number of aryl methyl sites for hydroxylation is 1. The van der Waals surface area contributed by atoms with Crippen molar-refractivity contribution in [1.82, 2.24) is 15.3 Å². The van der Waals surface area contributed by atoms with Crippen molar-refractivity contribution in [3.05, 3.63) is 63.6 Å². The fourth-order valence-corrected chi connectivity index (χ4v) is 3.44. The van der Waals surface area contributed by atoms with Crippen LogP contribution in [0.4, 0.5) is 5.13 Å². The lowest BCUT2D eigenvalue weighted by atomic mass is 10.2. The van der Waals surface area contributed by atoms with Gasteiger partial charge in [0.1, 0.15) is 0 Å². The minimum Gasteiger partial charge on any atom is -0.352 e. The number of thiazole rings is 1. The van der Waals surface area contributed by atoms with Crippen LogP contribution >= 0.6 is 22.7 Å². The third-order valence-electron chi connectivity index (χ3n) is 3.34. The average Bonchev–Trinajstić information content (AvgIpc) is 3.31. The number of carbonyl (C=O) groups is 2. The molecule has 0 spiro atoms. The summed E-state index contributed by atoms with van der Waals surface area (Å²) in [5.41, 5.74) is 1.76. The molecule has 8 heteroatoms. The summed E-state index contributed by atoms with van der Waals surface area (Å²) < 4.78 is 0. The molecule has 0 radical (unpaired) electrons. The third kappa shape index (κ3) is 5.20. The van der Waals surface area contributed by atoms with Crippen molar-refractivity contribution in [1.29, 1.82) is 0 Å². The molecule has 0 aliphatic heterocycles. The van der Waals surface area contributed by atoms with Crippen molar-refractivity contribution < 1.29 is 9.59 Å². The minimum atomic E-state index is -0.162. The molecule has 0 saturated heterocycles. The number of hydrogen-bond acceptors (Lipinski definition) is 6. The van der Waals surface area contributed by atoms with E-state index in [0.29, 0.717) is 29.4 Å². The van der Waals surface area contributed by atoms with Gasteiger partial charge in [0.05, 0.1) is 10.6 Å². The first kappa shape index (κ1) is 17.2. The summed E-state index contributed by atoms with van der Waals surface area (Å²) >= 11 is 2.74. The maximum atomic E-state index is 12.0. The van der Waals surface area contributed by atoms with Gasteiger partial charge in [-0.2, -0.15) is 0 Å². The van der Waals surface area contributed by atoms with Crippen LogP contribution in [-0.2, 0) is 17.8 Å². The van der Waals surface area contributed by atoms with E-state index in [4.69, 9.17) is 0 Å². The van der Waals surface area contributed by atoms with E-state index in [1.54, 1.807) is 18.5 Å². The van der Waals surface area contributed by atoms with E-state index in [1.807, 2.05) is 29.0 Å². The molecule has 0 bridgehead atoms. The fourth-order valence-electron chi connectivity index (χ4n) is 2.08. The minimum absolute atomic E-state index is 0.0407. The largest absolute Gasteiger partial charge is 0.352 e. The molecule has 128 valence electrons. The molecule has 0 unspecified atom stereocenters. The Morgan fingerprint density at radius 3 is 2.84 bits per heavy atom. The van der Waals surface area contributed by atoms with Crippen LogP contribution < -0.4 is 10.6 Å². The van der Waals surface area contributed by atoms with Gasteiger partial charge in [-0.25, -0.2) is 4.98 Å². The fraction of sp³-hybridized carbons (Fsp3) is 0.176. The predicted molar refractivity (Wildman–Crippen MR) is 98.8 cm³/mol. The first-order chi connectivity index (χ1) is 12.2. The summed E-state index contributed by atoms with van der Waals surface area (Å²) in [7, 11) is 0. The van der Waals surface area contributed by atoms with Crippen molar-refractivity contribution in [2.45, 2.75) is 19.4 Å². The molecule has 3 aromatic rings. The van der Waals surface area contributed by atoms with Gasteiger partial charge >= 0.3 is 0 Å². The summed E-state index contributed by atoms with van der Waals surface area (Å²) in [6.07, 6.45) is 4.30. The summed E-state index contributed by atoms with van der Waals surface area (Å²) in [5, 5.41) is 9.88. The van der Waals surface area contributed by atoms with E-state index >= 15 is 0 Å². The van der Waals surface area contributed by atoms with Crippen LogP contribution in [0.15, 0.2) is 47.4 Å². The number of amides is 2. The number of nitrogens with zero attached hydrogens (tertiary/aromatic N) is 2. The monoisotopic (exact) mass is 372 g/mol. The Bertz CT molecular complexity index is 831. The van der Waals surface area contributed by atoms with E-state index in [0.717, 1.165) is 11.3 Å². The molecule has 3 rings (SSSR count). The Kier molecular flexibility index (Phi) is 5.86. The Morgan fingerprint density at radius 2 is 2.08 bits per heavy atom. The van der Waals surface area contributed by atoms with Crippen LogP contribution in [0.1, 0.15) is 27.3 Å². The highest BCUT2D eigenvalue weighted by Gasteiger charge is 2.10. The first-order valence-corrected chi connectivity index (χ1v) is 9.41. The van der Waals surface area contributed by atoms with Gasteiger partial charge < -0.3 is 5.32 Å². The molecule has 6 nitrogen and oxygen atoms in total. The van der Waals surface area contributed by atoms with E-state index in [1.165, 1.54) is 22.7 Å². The molecule has 0 aliphatic carbocycles. The zero-order chi connectivity index (χ0) is 17.5. The van der Waals surface area contributed by atoms with Crippen LogP contribution in [0.5, 0.6) is 0 Å². The summed E-state index contributed by atoms with van der Waals surface area (Å²) in [6, 6.07) is 7.34. The van der Waals surface area contributed by atoms with Crippen molar-refractivity contribution in [3.63, 3.8) is 0 Å². The van der Waals surface area contributed by atoms with E-state index in [9.17, 15) is 9.59 Å². The molecule has 0 aromatic carbocycles. The summed E-state index contributed by atoms with van der Waals surface area (Å²) in [4.78, 5) is 32.9. The van der Waals surface area contributed by atoms with E-state index in [2.05, 4.69) is 20.6 Å². The second kappa shape index (κ2) is 8.50. The van der Waals surface area contributed by atoms with Crippen molar-refractivity contribution >= 4 is 39.6 Å². The molecule has 25 heavy (non-hydrogen) atoms. The number of pyridine rings is 1. The number of nitrogens with one attached hydrogen (secondary N) is 2. The third-order valence-corrected chi connectivity index (χ3v) is 5.01. The molecule has 3 heterocycles. The zero-order valence-electron chi connectivity index (χ0n) is 13.3. The Morgan fingerprint density at radius 1 is 1.16 bits per heavy atom. The topological polar surface area (TPSA) is 84.0 Å². The molecule has 0 aliphatic rings. The molecule has 0 fully saturated rings. The highest BCUT2D eigenvalue weighted by Crippen LogP contribution is 2.18. The van der Waals surface area contributed by atoms with Crippen molar-refractivity contribution in [3.8, 4) is 0 Å². The Balaban J connectivity index is 1.43. The van der Waals surface area contributed by atoms with Gasteiger partial charge in [0.2, 0.25) is 5.91 Å². The number of anilines is 1. The van der Waals surface area contributed by atoms with Crippen LogP contribution in [0, 0.1) is 0 Å². The lowest BCUT2D eigenvalue weighted by Gasteiger charge is -2.04. The SMILES string of the molecule is O=C(CCc1csc(NC(=O)c2cccs2)n1)NCc1cccnc1. The maximum Gasteiger partial charge on any atom is 0.267 e. The van der Waals surface area contributed by atoms with Crippen LogP contribution in [0.3, 0.4) is 0 Å². The van der Waals surface area contributed by atoms with Gasteiger partial charge in [0.15, 0.2) is 5.13 Å². The summed E-state index contributed by atoms with van der Waals surface area (Å²) in [5.74, 6) is -0.203. The summed E-state index contributed by atoms with van der Waals surface area (Å²) in [6.45, 7) is 0.464. The highest BCUT2D eigenvalue weighted by atomic mass is 32.1. The Labute approximate surface area is 153 Å². The predicted octanol–water partition coefficient (Wildman–Crippen LogP) is 3.10. The molecule has 0 saturated carbocycles. The van der Waals surface area contributed by atoms with Gasteiger partial charge in [-0.1, -0.05) is 12.1 Å².